The van der Waals surface area contributed by atoms with E-state index in [2.05, 4.69) is 62.9 Å². The van der Waals surface area contributed by atoms with Gasteiger partial charge < -0.3 is 9.64 Å². The standard InChI is InChI=1S/C25H30BrN3O2S/c1-18(28-32-23-10-7-21-16-27-13-11-20(21)15-23)17-29(24(30)31-25(2,3)4)14-12-19-5-8-22(26)9-6-19/h5-11,13,15-16,18,28H,12,14,17H2,1-4H3/t18-/m1/s1. The Labute approximate surface area is 203 Å². The molecule has 0 aliphatic rings. The first kappa shape index (κ1) is 24.6. The molecule has 0 saturated carbocycles. The van der Waals surface area contributed by atoms with Gasteiger partial charge in [0, 0.05) is 46.3 Å². The lowest BCUT2D eigenvalue weighted by atomic mass is 10.1. The van der Waals surface area contributed by atoms with Gasteiger partial charge in [-0.1, -0.05) is 34.1 Å². The number of nitrogens with zero attached hydrogens (tertiary/aromatic N) is 2. The molecule has 0 radical (unpaired) electrons. The number of hydrogen-bond donors (Lipinski definition) is 1. The van der Waals surface area contributed by atoms with Gasteiger partial charge >= 0.3 is 6.09 Å². The average Bonchev–Trinajstić information content (AvgIpc) is 2.75. The maximum absolute atomic E-state index is 12.8. The van der Waals surface area contributed by atoms with Crippen molar-refractivity contribution in [3.05, 3.63) is 71.0 Å². The molecule has 0 unspecified atom stereocenters. The van der Waals surface area contributed by atoms with Crippen molar-refractivity contribution in [3.63, 3.8) is 0 Å². The van der Waals surface area contributed by atoms with Crippen LogP contribution in [0, 0.1) is 0 Å². The van der Waals surface area contributed by atoms with E-state index in [0.29, 0.717) is 13.1 Å². The minimum absolute atomic E-state index is 0.0746. The summed E-state index contributed by atoms with van der Waals surface area (Å²) in [5.41, 5.74) is 0.653. The molecule has 7 heteroatoms. The third-order valence-electron chi connectivity index (χ3n) is 4.72. The van der Waals surface area contributed by atoms with E-state index < -0.39 is 5.60 Å². The van der Waals surface area contributed by atoms with Gasteiger partial charge in [0.05, 0.1) is 0 Å². The number of benzene rings is 2. The lowest BCUT2D eigenvalue weighted by molar-refractivity contribution is 0.0241. The largest absolute Gasteiger partial charge is 0.444 e. The summed E-state index contributed by atoms with van der Waals surface area (Å²) in [6.45, 7) is 8.90. The molecule has 1 amide bonds. The Hall–Kier alpha value is -2.09. The molecule has 170 valence electrons. The van der Waals surface area contributed by atoms with Gasteiger partial charge in [-0.25, -0.2) is 4.79 Å². The van der Waals surface area contributed by atoms with E-state index in [1.807, 2.05) is 45.2 Å². The van der Waals surface area contributed by atoms with Crippen LogP contribution in [0.3, 0.4) is 0 Å². The number of carbonyl (C=O) groups is 1. The SMILES string of the molecule is C[C@H](CN(CCc1ccc(Br)cc1)C(=O)OC(C)(C)C)NSc1ccc2cnccc2c1. The van der Waals surface area contributed by atoms with Crippen LogP contribution in [-0.4, -0.2) is 40.7 Å². The summed E-state index contributed by atoms with van der Waals surface area (Å²) in [6, 6.07) is 16.6. The number of pyridine rings is 1. The van der Waals surface area contributed by atoms with Crippen LogP contribution in [0.15, 0.2) is 70.3 Å². The lowest BCUT2D eigenvalue weighted by Crippen LogP contribution is -2.44. The summed E-state index contributed by atoms with van der Waals surface area (Å²) >= 11 is 5.04. The molecule has 0 bridgehead atoms. The van der Waals surface area contributed by atoms with Crippen LogP contribution < -0.4 is 4.72 Å². The Morgan fingerprint density at radius 1 is 1.16 bits per heavy atom. The van der Waals surface area contributed by atoms with Crippen LogP contribution in [0.4, 0.5) is 4.79 Å². The number of aromatic nitrogens is 1. The number of ether oxygens (including phenoxy) is 1. The number of nitrogens with one attached hydrogen (secondary N) is 1. The van der Waals surface area contributed by atoms with Gasteiger partial charge in [-0.15, -0.1) is 0 Å². The second-order valence-corrected chi connectivity index (χ2v) is 10.6. The lowest BCUT2D eigenvalue weighted by Gasteiger charge is -2.29. The Morgan fingerprint density at radius 2 is 1.91 bits per heavy atom. The molecule has 32 heavy (non-hydrogen) atoms. The Bertz CT molecular complexity index is 1040. The van der Waals surface area contributed by atoms with Gasteiger partial charge in [0.15, 0.2) is 0 Å². The fraction of sp³-hybridized carbons (Fsp3) is 0.360. The highest BCUT2D eigenvalue weighted by Gasteiger charge is 2.23. The number of rotatable bonds is 8. The zero-order chi connectivity index (χ0) is 23.1. The van der Waals surface area contributed by atoms with Gasteiger partial charge in [0.2, 0.25) is 0 Å². The van der Waals surface area contributed by atoms with Crippen molar-refractivity contribution in [1.82, 2.24) is 14.6 Å². The Morgan fingerprint density at radius 3 is 2.62 bits per heavy atom. The monoisotopic (exact) mass is 515 g/mol. The molecule has 5 nitrogen and oxygen atoms in total. The van der Waals surface area contributed by atoms with E-state index in [1.165, 1.54) is 5.56 Å². The topological polar surface area (TPSA) is 54.5 Å². The zero-order valence-corrected chi connectivity index (χ0v) is 21.4. The van der Waals surface area contributed by atoms with Crippen LogP contribution in [0.25, 0.3) is 10.8 Å². The van der Waals surface area contributed by atoms with Crippen molar-refractivity contribution >= 4 is 44.7 Å². The number of halogens is 1. The molecular formula is C25H30BrN3O2S. The smallest absolute Gasteiger partial charge is 0.410 e. The van der Waals surface area contributed by atoms with Crippen molar-refractivity contribution in [3.8, 4) is 0 Å². The summed E-state index contributed by atoms with van der Waals surface area (Å²) in [4.78, 5) is 19.9. The molecule has 3 rings (SSSR count). The molecule has 2 aromatic carbocycles. The number of amides is 1. The fourth-order valence-electron chi connectivity index (χ4n) is 3.16. The Balaban J connectivity index is 1.60. The summed E-state index contributed by atoms with van der Waals surface area (Å²) in [5.74, 6) is 0. The Kier molecular flexibility index (Phi) is 8.57. The molecule has 1 N–H and O–H groups in total. The van der Waals surface area contributed by atoms with Crippen LogP contribution in [0.2, 0.25) is 0 Å². The van der Waals surface area contributed by atoms with Crippen molar-refractivity contribution in [1.29, 1.82) is 0 Å². The predicted octanol–water partition coefficient (Wildman–Crippen LogP) is 6.46. The van der Waals surface area contributed by atoms with Crippen molar-refractivity contribution < 1.29 is 9.53 Å². The highest BCUT2D eigenvalue weighted by atomic mass is 79.9. The summed E-state index contributed by atoms with van der Waals surface area (Å²) in [6.07, 6.45) is 4.15. The van der Waals surface area contributed by atoms with E-state index in [-0.39, 0.29) is 12.1 Å². The number of fused-ring (bicyclic) bond motifs is 1. The molecule has 1 heterocycles. The van der Waals surface area contributed by atoms with Gasteiger partial charge in [0.25, 0.3) is 0 Å². The van der Waals surface area contributed by atoms with Crippen molar-refractivity contribution in [2.24, 2.45) is 0 Å². The summed E-state index contributed by atoms with van der Waals surface area (Å²) in [5, 5.41) is 2.28. The van der Waals surface area contributed by atoms with Gasteiger partial charge in [-0.3, -0.25) is 9.71 Å². The van der Waals surface area contributed by atoms with Crippen LogP contribution in [0.5, 0.6) is 0 Å². The van der Waals surface area contributed by atoms with Gasteiger partial charge in [-0.2, -0.15) is 0 Å². The molecule has 0 aliphatic heterocycles. The first-order valence-corrected chi connectivity index (χ1v) is 12.3. The van der Waals surface area contributed by atoms with E-state index in [9.17, 15) is 4.79 Å². The maximum Gasteiger partial charge on any atom is 0.410 e. The van der Waals surface area contributed by atoms with E-state index in [1.54, 1.807) is 23.0 Å². The third kappa shape index (κ3) is 7.80. The molecule has 1 atom stereocenters. The number of carbonyl (C=O) groups excluding carboxylic acids is 1. The van der Waals surface area contributed by atoms with Crippen LogP contribution in [-0.2, 0) is 11.2 Å². The van der Waals surface area contributed by atoms with E-state index >= 15 is 0 Å². The van der Waals surface area contributed by atoms with E-state index in [4.69, 9.17) is 4.74 Å². The minimum atomic E-state index is -0.529. The van der Waals surface area contributed by atoms with Crippen LogP contribution in [0.1, 0.15) is 33.3 Å². The van der Waals surface area contributed by atoms with E-state index in [0.717, 1.165) is 26.6 Å². The number of hydrogen-bond acceptors (Lipinski definition) is 5. The molecular weight excluding hydrogens is 486 g/mol. The first-order chi connectivity index (χ1) is 15.2. The second-order valence-electron chi connectivity index (χ2n) is 8.81. The first-order valence-electron chi connectivity index (χ1n) is 10.7. The van der Waals surface area contributed by atoms with Crippen molar-refractivity contribution in [2.45, 2.75) is 50.7 Å². The van der Waals surface area contributed by atoms with Gasteiger partial charge in [0.1, 0.15) is 5.60 Å². The molecule has 0 saturated heterocycles. The molecule has 1 aromatic heterocycles. The van der Waals surface area contributed by atoms with Crippen molar-refractivity contribution in [2.75, 3.05) is 13.1 Å². The normalized spacial score (nSPS) is 12.5. The molecule has 0 aliphatic carbocycles. The van der Waals surface area contributed by atoms with Crippen LogP contribution >= 0.6 is 27.9 Å². The maximum atomic E-state index is 12.8. The molecule has 0 spiro atoms. The third-order valence-corrected chi connectivity index (χ3v) is 6.26. The average molecular weight is 517 g/mol. The summed E-state index contributed by atoms with van der Waals surface area (Å²) < 4.78 is 10.2. The second kappa shape index (κ2) is 11.2. The fourth-order valence-corrected chi connectivity index (χ4v) is 4.16. The molecule has 0 fully saturated rings. The highest BCUT2D eigenvalue weighted by molar-refractivity contribution is 9.10. The quantitative estimate of drug-likeness (QED) is 0.348. The highest BCUT2D eigenvalue weighted by Crippen LogP contribution is 2.22. The minimum Gasteiger partial charge on any atom is -0.444 e. The molecule has 3 aromatic rings. The van der Waals surface area contributed by atoms with Gasteiger partial charge in [-0.05, 0) is 87.3 Å². The predicted molar refractivity (Wildman–Crippen MR) is 136 cm³/mol. The summed E-state index contributed by atoms with van der Waals surface area (Å²) in [7, 11) is 0. The zero-order valence-electron chi connectivity index (χ0n) is 19.0.